The van der Waals surface area contributed by atoms with Gasteiger partial charge in [-0.25, -0.2) is 4.98 Å². The molecule has 0 aliphatic carbocycles. The third-order valence-electron chi connectivity index (χ3n) is 3.07. The van der Waals surface area contributed by atoms with Crippen LogP contribution in [-0.2, 0) is 4.79 Å². The summed E-state index contributed by atoms with van der Waals surface area (Å²) in [4.78, 5) is 29.5. The summed E-state index contributed by atoms with van der Waals surface area (Å²) < 4.78 is 0. The second kappa shape index (κ2) is 4.57. The van der Waals surface area contributed by atoms with Crippen molar-refractivity contribution in [2.45, 2.75) is 19.4 Å². The molecule has 0 radical (unpaired) electrons. The Balaban J connectivity index is 2.28. The molecule has 2 rings (SSSR count). The predicted octanol–water partition coefficient (Wildman–Crippen LogP) is 1.09. The van der Waals surface area contributed by atoms with E-state index in [0.29, 0.717) is 23.8 Å². The fourth-order valence-electron chi connectivity index (χ4n) is 1.91. The molecule has 1 aromatic rings. The Hall–Kier alpha value is -1.62. The van der Waals surface area contributed by atoms with Crippen molar-refractivity contribution < 1.29 is 9.59 Å². The first-order valence-electron chi connectivity index (χ1n) is 5.65. The molecule has 1 fully saturated rings. The van der Waals surface area contributed by atoms with Crippen molar-refractivity contribution in [3.8, 4) is 0 Å². The van der Waals surface area contributed by atoms with Crippen LogP contribution in [0.3, 0.4) is 0 Å². The monoisotopic (exact) mass is 267 g/mol. The van der Waals surface area contributed by atoms with Gasteiger partial charge in [-0.15, -0.1) is 0 Å². The normalized spacial score (nSPS) is 18.4. The Labute approximate surface area is 110 Å². The lowest BCUT2D eigenvalue weighted by molar-refractivity contribution is -0.133. The molecule has 1 aliphatic heterocycles. The first-order chi connectivity index (χ1) is 8.43. The van der Waals surface area contributed by atoms with Crippen LogP contribution in [0.15, 0.2) is 18.3 Å². The average Bonchev–Trinajstić information content (AvgIpc) is 2.33. The van der Waals surface area contributed by atoms with Gasteiger partial charge in [-0.05, 0) is 26.0 Å². The van der Waals surface area contributed by atoms with Gasteiger partial charge in [0.15, 0.2) is 0 Å². The summed E-state index contributed by atoms with van der Waals surface area (Å²) >= 11 is 5.68. The Morgan fingerprint density at radius 3 is 2.83 bits per heavy atom. The molecule has 6 heteroatoms. The predicted molar refractivity (Wildman–Crippen MR) is 67.4 cm³/mol. The lowest BCUT2D eigenvalue weighted by atomic mass is 9.98. The molecule has 2 amide bonds. The van der Waals surface area contributed by atoms with E-state index in [-0.39, 0.29) is 11.8 Å². The molecule has 2 heterocycles. The second-order valence-electron chi connectivity index (χ2n) is 4.64. The minimum atomic E-state index is -0.852. The smallest absolute Gasteiger partial charge is 0.256 e. The van der Waals surface area contributed by atoms with Crippen LogP contribution < -0.4 is 5.32 Å². The number of piperazine rings is 1. The number of hydrogen-bond donors (Lipinski definition) is 1. The Kier molecular flexibility index (Phi) is 3.26. The highest BCUT2D eigenvalue weighted by molar-refractivity contribution is 6.29. The molecule has 1 saturated heterocycles. The topological polar surface area (TPSA) is 62.3 Å². The molecule has 1 N–H and O–H groups in total. The van der Waals surface area contributed by atoms with Crippen LogP contribution in [-0.4, -0.2) is 40.3 Å². The third kappa shape index (κ3) is 2.18. The van der Waals surface area contributed by atoms with Gasteiger partial charge in [0, 0.05) is 19.3 Å². The highest BCUT2D eigenvalue weighted by atomic mass is 35.5. The summed E-state index contributed by atoms with van der Waals surface area (Å²) in [5.41, 5.74) is -0.420. The number of amides is 2. The number of nitrogens with one attached hydrogen (secondary N) is 1. The number of aromatic nitrogens is 1. The van der Waals surface area contributed by atoms with Crippen molar-refractivity contribution in [3.05, 3.63) is 29.0 Å². The molecule has 0 saturated carbocycles. The van der Waals surface area contributed by atoms with Gasteiger partial charge in [0.25, 0.3) is 5.91 Å². The van der Waals surface area contributed by atoms with Crippen LogP contribution in [0.4, 0.5) is 0 Å². The van der Waals surface area contributed by atoms with Gasteiger partial charge in [0.2, 0.25) is 5.91 Å². The minimum Gasteiger partial charge on any atom is -0.352 e. The first kappa shape index (κ1) is 12.8. The number of carbonyl (C=O) groups is 2. The second-order valence-corrected chi connectivity index (χ2v) is 5.03. The highest BCUT2D eigenvalue weighted by Gasteiger charge is 2.40. The molecular weight excluding hydrogens is 254 g/mol. The van der Waals surface area contributed by atoms with Crippen molar-refractivity contribution in [2.75, 3.05) is 13.1 Å². The third-order valence-corrected chi connectivity index (χ3v) is 3.29. The summed E-state index contributed by atoms with van der Waals surface area (Å²) in [7, 11) is 0. The van der Waals surface area contributed by atoms with Gasteiger partial charge in [-0.3, -0.25) is 9.59 Å². The molecule has 96 valence electrons. The zero-order chi connectivity index (χ0) is 13.3. The number of pyridine rings is 1. The SMILES string of the molecule is CC1(C)C(=O)NCCN1C(=O)c1ccc(Cl)nc1. The zero-order valence-corrected chi connectivity index (χ0v) is 11.0. The fourth-order valence-corrected chi connectivity index (χ4v) is 2.02. The van der Waals surface area contributed by atoms with E-state index in [1.807, 2.05) is 0 Å². The van der Waals surface area contributed by atoms with E-state index in [4.69, 9.17) is 11.6 Å². The number of carbonyl (C=O) groups excluding carboxylic acids is 2. The van der Waals surface area contributed by atoms with Crippen molar-refractivity contribution in [1.82, 2.24) is 15.2 Å². The van der Waals surface area contributed by atoms with E-state index >= 15 is 0 Å². The van der Waals surface area contributed by atoms with Crippen LogP contribution in [0.1, 0.15) is 24.2 Å². The standard InChI is InChI=1S/C12H14ClN3O2/c1-12(2)11(18)14-5-6-16(12)10(17)8-3-4-9(13)15-7-8/h3-4,7H,5-6H2,1-2H3,(H,14,18). The van der Waals surface area contributed by atoms with Gasteiger partial charge in [0.1, 0.15) is 10.7 Å². The van der Waals surface area contributed by atoms with Crippen LogP contribution in [0.25, 0.3) is 0 Å². The summed E-state index contributed by atoms with van der Waals surface area (Å²) in [5.74, 6) is -0.358. The number of hydrogen-bond acceptors (Lipinski definition) is 3. The number of nitrogens with zero attached hydrogens (tertiary/aromatic N) is 2. The Bertz CT molecular complexity index is 485. The van der Waals surface area contributed by atoms with Crippen molar-refractivity contribution in [2.24, 2.45) is 0 Å². The molecule has 0 spiro atoms. The van der Waals surface area contributed by atoms with E-state index in [1.165, 1.54) is 6.20 Å². The van der Waals surface area contributed by atoms with E-state index in [9.17, 15) is 9.59 Å². The van der Waals surface area contributed by atoms with Crippen molar-refractivity contribution in [3.63, 3.8) is 0 Å². The first-order valence-corrected chi connectivity index (χ1v) is 6.02. The molecule has 0 aromatic carbocycles. The van der Waals surface area contributed by atoms with Crippen molar-refractivity contribution >= 4 is 23.4 Å². The maximum atomic E-state index is 12.3. The van der Waals surface area contributed by atoms with E-state index in [1.54, 1.807) is 30.9 Å². The fraction of sp³-hybridized carbons (Fsp3) is 0.417. The van der Waals surface area contributed by atoms with Crippen molar-refractivity contribution in [1.29, 1.82) is 0 Å². The van der Waals surface area contributed by atoms with Crippen LogP contribution in [0, 0.1) is 0 Å². The lowest BCUT2D eigenvalue weighted by Crippen LogP contribution is -2.63. The molecule has 0 bridgehead atoms. The number of rotatable bonds is 1. The van der Waals surface area contributed by atoms with Gasteiger partial charge < -0.3 is 10.2 Å². The molecular formula is C12H14ClN3O2. The van der Waals surface area contributed by atoms with Gasteiger partial charge in [-0.2, -0.15) is 0 Å². The summed E-state index contributed by atoms with van der Waals surface area (Å²) in [6, 6.07) is 3.17. The largest absolute Gasteiger partial charge is 0.352 e. The number of halogens is 1. The quantitative estimate of drug-likeness (QED) is 0.775. The molecule has 1 aliphatic rings. The highest BCUT2D eigenvalue weighted by Crippen LogP contribution is 2.20. The van der Waals surface area contributed by atoms with E-state index in [2.05, 4.69) is 10.3 Å². The van der Waals surface area contributed by atoms with E-state index in [0.717, 1.165) is 0 Å². The molecule has 1 aromatic heterocycles. The van der Waals surface area contributed by atoms with Gasteiger partial charge >= 0.3 is 0 Å². The molecule has 0 unspecified atom stereocenters. The molecule has 5 nitrogen and oxygen atoms in total. The average molecular weight is 268 g/mol. The summed E-state index contributed by atoms with van der Waals surface area (Å²) in [6.07, 6.45) is 1.42. The molecule has 18 heavy (non-hydrogen) atoms. The summed E-state index contributed by atoms with van der Waals surface area (Å²) in [6.45, 7) is 4.40. The summed E-state index contributed by atoms with van der Waals surface area (Å²) in [5, 5.41) is 3.08. The van der Waals surface area contributed by atoms with Crippen LogP contribution in [0.5, 0.6) is 0 Å². The lowest BCUT2D eigenvalue weighted by Gasteiger charge is -2.41. The maximum absolute atomic E-state index is 12.3. The Morgan fingerprint density at radius 2 is 2.22 bits per heavy atom. The maximum Gasteiger partial charge on any atom is 0.256 e. The van der Waals surface area contributed by atoms with E-state index < -0.39 is 5.54 Å². The minimum absolute atomic E-state index is 0.149. The molecule has 0 atom stereocenters. The van der Waals surface area contributed by atoms with Crippen LogP contribution in [0.2, 0.25) is 5.15 Å². The van der Waals surface area contributed by atoms with Crippen LogP contribution >= 0.6 is 11.6 Å². The Morgan fingerprint density at radius 1 is 1.50 bits per heavy atom. The van der Waals surface area contributed by atoms with Gasteiger partial charge in [0.05, 0.1) is 5.56 Å². The zero-order valence-electron chi connectivity index (χ0n) is 10.2. The van der Waals surface area contributed by atoms with Gasteiger partial charge in [-0.1, -0.05) is 11.6 Å².